The van der Waals surface area contributed by atoms with Crippen molar-refractivity contribution in [3.63, 3.8) is 0 Å². The van der Waals surface area contributed by atoms with Crippen LogP contribution in [0.3, 0.4) is 0 Å². The molecule has 0 saturated heterocycles. The lowest BCUT2D eigenvalue weighted by Crippen LogP contribution is -2.29. The summed E-state index contributed by atoms with van der Waals surface area (Å²) in [6, 6.07) is 0. The molecule has 0 aliphatic heterocycles. The molecule has 0 fully saturated rings. The monoisotopic (exact) mass is 468 g/mol. The third-order valence-electron chi connectivity index (χ3n) is 6.35. The summed E-state index contributed by atoms with van der Waals surface area (Å²) in [6.45, 7) is 8.22. The number of hydrogen-bond donors (Lipinski definition) is 0. The van der Waals surface area contributed by atoms with Gasteiger partial charge in [0.15, 0.2) is 6.20 Å². The van der Waals surface area contributed by atoms with Gasteiger partial charge in [-0.15, -0.1) is 0 Å². The minimum atomic E-state index is 0.449. The van der Waals surface area contributed by atoms with E-state index in [1.165, 1.54) is 96.3 Å². The van der Waals surface area contributed by atoms with Gasteiger partial charge < -0.3 is 9.47 Å². The second-order valence-corrected chi connectivity index (χ2v) is 10.1. The van der Waals surface area contributed by atoms with E-state index in [0.29, 0.717) is 6.10 Å². The van der Waals surface area contributed by atoms with Crippen molar-refractivity contribution in [1.82, 2.24) is 0 Å². The van der Waals surface area contributed by atoms with Crippen molar-refractivity contribution in [2.75, 3.05) is 19.8 Å². The lowest BCUT2D eigenvalue weighted by atomic mass is 10.0. The Kier molecular flexibility index (Phi) is 21.9. The summed E-state index contributed by atoms with van der Waals surface area (Å²) in [7, 11) is 0. The summed E-state index contributed by atoms with van der Waals surface area (Å²) < 4.78 is 14.1. The van der Waals surface area contributed by atoms with Crippen LogP contribution >= 0.6 is 11.3 Å². The maximum atomic E-state index is 6.09. The van der Waals surface area contributed by atoms with Gasteiger partial charge in [-0.2, -0.15) is 4.57 Å². The van der Waals surface area contributed by atoms with Crippen molar-refractivity contribution >= 4 is 11.3 Å². The maximum Gasteiger partial charge on any atom is 0.224 e. The van der Waals surface area contributed by atoms with Crippen LogP contribution in [0.5, 0.6) is 0 Å². The fourth-order valence-corrected chi connectivity index (χ4v) is 4.82. The fraction of sp³-hybridized carbons (Fsp3) is 0.893. The Hall–Kier alpha value is -0.450. The Morgan fingerprint density at radius 1 is 0.688 bits per heavy atom. The molecule has 0 bridgehead atoms. The Morgan fingerprint density at radius 3 is 1.91 bits per heavy atom. The van der Waals surface area contributed by atoms with Crippen LogP contribution in [0.15, 0.2) is 17.1 Å². The molecule has 4 heteroatoms. The molecule has 0 radical (unpaired) electrons. The first-order valence-corrected chi connectivity index (χ1v) is 14.9. The highest BCUT2D eigenvalue weighted by Crippen LogP contribution is 2.15. The Bertz CT molecular complexity index is 466. The highest BCUT2D eigenvalue weighted by Gasteiger charge is 2.06. The van der Waals surface area contributed by atoms with Crippen molar-refractivity contribution in [2.45, 2.75) is 142 Å². The van der Waals surface area contributed by atoms with Gasteiger partial charge in [-0.25, -0.2) is 0 Å². The van der Waals surface area contributed by atoms with Crippen LogP contribution in [0, 0.1) is 0 Å². The summed E-state index contributed by atoms with van der Waals surface area (Å²) in [5.41, 5.74) is 2.17. The van der Waals surface area contributed by atoms with Crippen molar-refractivity contribution in [2.24, 2.45) is 0 Å². The molecule has 0 spiro atoms. The quantitative estimate of drug-likeness (QED) is 0.106. The second-order valence-electron chi connectivity index (χ2n) is 9.37. The number of rotatable bonds is 25. The molecule has 0 aliphatic carbocycles. The van der Waals surface area contributed by atoms with Gasteiger partial charge in [0.25, 0.3) is 0 Å². The molecule has 1 heterocycles. The fourth-order valence-electron chi connectivity index (χ4n) is 4.20. The average Bonchev–Trinajstić information content (AvgIpc) is 3.33. The van der Waals surface area contributed by atoms with Gasteiger partial charge in [0.05, 0.1) is 11.5 Å². The van der Waals surface area contributed by atoms with E-state index in [0.717, 1.165) is 45.6 Å². The topological polar surface area (TPSA) is 22.3 Å². The summed E-state index contributed by atoms with van der Waals surface area (Å²) in [4.78, 5) is 0. The van der Waals surface area contributed by atoms with Crippen LogP contribution in [-0.4, -0.2) is 25.9 Å². The van der Waals surface area contributed by atoms with Gasteiger partial charge in [-0.05, 0) is 25.7 Å². The van der Waals surface area contributed by atoms with Crippen LogP contribution < -0.4 is 4.57 Å². The SMILES string of the molecule is CCCCCCCCCCCCCCCC(CC)OCCCOCCCC[n+]1ccsc1. The van der Waals surface area contributed by atoms with Crippen LogP contribution in [-0.2, 0) is 16.0 Å². The van der Waals surface area contributed by atoms with E-state index >= 15 is 0 Å². The van der Waals surface area contributed by atoms with Gasteiger partial charge in [0.2, 0.25) is 5.51 Å². The largest absolute Gasteiger partial charge is 0.381 e. The van der Waals surface area contributed by atoms with E-state index in [1.807, 2.05) is 0 Å². The molecule has 0 aliphatic rings. The van der Waals surface area contributed by atoms with Crippen molar-refractivity contribution < 1.29 is 14.0 Å². The third-order valence-corrected chi connectivity index (χ3v) is 7.03. The molecule has 0 saturated carbocycles. The first-order chi connectivity index (χ1) is 15.9. The van der Waals surface area contributed by atoms with E-state index in [1.54, 1.807) is 11.3 Å². The van der Waals surface area contributed by atoms with E-state index in [-0.39, 0.29) is 0 Å². The first kappa shape index (κ1) is 29.6. The summed E-state index contributed by atoms with van der Waals surface area (Å²) in [6.07, 6.45) is 26.8. The summed E-state index contributed by atoms with van der Waals surface area (Å²) in [5, 5.41) is 2.12. The molecule has 0 amide bonds. The Labute approximate surface area is 204 Å². The molecule has 1 aromatic heterocycles. The molecule has 0 N–H and O–H groups in total. The highest BCUT2D eigenvalue weighted by atomic mass is 32.1. The second kappa shape index (κ2) is 23.7. The number of unbranched alkanes of at least 4 members (excludes halogenated alkanes) is 13. The van der Waals surface area contributed by atoms with E-state index in [9.17, 15) is 0 Å². The zero-order valence-electron chi connectivity index (χ0n) is 21.5. The number of aryl methyl sites for hydroxylation is 1. The first-order valence-electron chi connectivity index (χ1n) is 14.0. The van der Waals surface area contributed by atoms with Gasteiger partial charge in [0, 0.05) is 26.2 Å². The number of nitrogens with zero attached hydrogens (tertiary/aromatic N) is 1. The molecular weight excluding hydrogens is 414 g/mol. The standard InChI is InChI=1S/C28H54NO2S/c1-3-5-6-7-8-9-10-11-12-13-14-15-16-20-28(4-2)31-25-19-24-30-23-18-17-21-29-22-26-32-27-29/h22,26-28H,3-21,23-25H2,1-2H3/q+1. The third kappa shape index (κ3) is 19.1. The smallest absolute Gasteiger partial charge is 0.224 e. The van der Waals surface area contributed by atoms with Crippen LogP contribution in [0.4, 0.5) is 0 Å². The minimum Gasteiger partial charge on any atom is -0.381 e. The van der Waals surface area contributed by atoms with E-state index in [2.05, 4.69) is 35.5 Å². The molecule has 1 unspecified atom stereocenters. The van der Waals surface area contributed by atoms with Crippen LogP contribution in [0.2, 0.25) is 0 Å². The normalized spacial score (nSPS) is 12.4. The summed E-state index contributed by atoms with van der Waals surface area (Å²) >= 11 is 1.75. The lowest BCUT2D eigenvalue weighted by Gasteiger charge is -2.16. The molecular formula is C28H54NO2S+. The molecule has 1 rings (SSSR count). The zero-order valence-corrected chi connectivity index (χ0v) is 22.4. The molecule has 1 aromatic rings. The Balaban J connectivity index is 1.77. The lowest BCUT2D eigenvalue weighted by molar-refractivity contribution is -0.692. The van der Waals surface area contributed by atoms with Crippen molar-refractivity contribution in [1.29, 1.82) is 0 Å². The molecule has 32 heavy (non-hydrogen) atoms. The highest BCUT2D eigenvalue weighted by molar-refractivity contribution is 7.07. The van der Waals surface area contributed by atoms with Crippen molar-refractivity contribution in [3.8, 4) is 0 Å². The van der Waals surface area contributed by atoms with Crippen LogP contribution in [0.1, 0.15) is 129 Å². The molecule has 3 nitrogen and oxygen atoms in total. The predicted molar refractivity (Wildman–Crippen MR) is 140 cm³/mol. The molecule has 0 aromatic carbocycles. The summed E-state index contributed by atoms with van der Waals surface area (Å²) in [5.74, 6) is 0. The number of thiazole rings is 1. The van der Waals surface area contributed by atoms with E-state index in [4.69, 9.17) is 9.47 Å². The molecule has 1 atom stereocenters. The number of ether oxygens (including phenoxy) is 2. The zero-order chi connectivity index (χ0) is 23.0. The molecule has 188 valence electrons. The van der Waals surface area contributed by atoms with Crippen LogP contribution in [0.25, 0.3) is 0 Å². The average molecular weight is 469 g/mol. The van der Waals surface area contributed by atoms with Gasteiger partial charge in [0.1, 0.15) is 6.54 Å². The number of aromatic nitrogens is 1. The predicted octanol–water partition coefficient (Wildman–Crippen LogP) is 8.50. The Morgan fingerprint density at radius 2 is 1.31 bits per heavy atom. The van der Waals surface area contributed by atoms with Crippen molar-refractivity contribution in [3.05, 3.63) is 17.1 Å². The number of hydrogen-bond acceptors (Lipinski definition) is 3. The maximum absolute atomic E-state index is 6.09. The van der Waals surface area contributed by atoms with Gasteiger partial charge >= 0.3 is 0 Å². The van der Waals surface area contributed by atoms with Gasteiger partial charge in [-0.3, -0.25) is 0 Å². The minimum absolute atomic E-state index is 0.449. The van der Waals surface area contributed by atoms with Gasteiger partial charge in [-0.1, -0.05) is 109 Å². The van der Waals surface area contributed by atoms with E-state index < -0.39 is 0 Å².